The van der Waals surface area contributed by atoms with Crippen molar-refractivity contribution >= 4 is 52.4 Å². The molecule has 0 radical (unpaired) electrons. The number of aromatic nitrogens is 1. The first-order valence-electron chi connectivity index (χ1n) is 13.0. The van der Waals surface area contributed by atoms with Gasteiger partial charge in [-0.1, -0.05) is 29.3 Å². The fraction of sp³-hybridized carbons (Fsp3) is 0.276. The van der Waals surface area contributed by atoms with Crippen LogP contribution in [0.15, 0.2) is 54.7 Å². The Morgan fingerprint density at radius 1 is 1.09 bits per heavy atom. The smallest absolute Gasteiger partial charge is 0.252 e. The number of amides is 3. The first-order valence-corrected chi connectivity index (χ1v) is 13.7. The number of halogens is 6. The van der Waals surface area contributed by atoms with E-state index in [-0.39, 0.29) is 39.8 Å². The lowest BCUT2D eigenvalue weighted by molar-refractivity contribution is -0.133. The van der Waals surface area contributed by atoms with Gasteiger partial charge >= 0.3 is 0 Å². The molecule has 2 aliphatic rings. The number of nitrogens with one attached hydrogen (secondary N) is 1. The van der Waals surface area contributed by atoms with Crippen molar-refractivity contribution in [3.8, 4) is 6.07 Å². The summed E-state index contributed by atoms with van der Waals surface area (Å²) in [5.41, 5.74) is -0.263. The molecule has 2 heterocycles. The van der Waals surface area contributed by atoms with E-state index in [1.807, 2.05) is 6.07 Å². The van der Waals surface area contributed by atoms with Gasteiger partial charge in [-0.15, -0.1) is 0 Å². The van der Waals surface area contributed by atoms with E-state index in [9.17, 15) is 37.2 Å². The number of alkyl halides is 2. The van der Waals surface area contributed by atoms with E-state index in [2.05, 4.69) is 10.3 Å². The first kappa shape index (κ1) is 30.3. The highest BCUT2D eigenvalue weighted by atomic mass is 35.5. The number of carbonyl (C=O) groups is 3. The zero-order valence-electron chi connectivity index (χ0n) is 22.0. The lowest BCUT2D eigenvalue weighted by Gasteiger charge is -2.39. The minimum Gasteiger partial charge on any atom is -0.351 e. The molecule has 1 aliphatic carbocycles. The van der Waals surface area contributed by atoms with Crippen molar-refractivity contribution in [3.05, 3.63) is 87.5 Å². The van der Waals surface area contributed by atoms with Gasteiger partial charge in [0.1, 0.15) is 29.5 Å². The maximum Gasteiger partial charge on any atom is 0.252 e. The summed E-state index contributed by atoms with van der Waals surface area (Å²) >= 11 is 12.5. The minimum absolute atomic E-state index is 0.0202. The van der Waals surface area contributed by atoms with Gasteiger partial charge in [0.05, 0.1) is 17.3 Å². The standard InChI is InChI=1S/C29H21Cl2F4N5O3/c30-16-1-2-21(22(31)8-16)26(27(42)38-19-12-29(34,35)13-19)39(20-10-17(32)9-18(33)11-20)28(43)23-3-4-25(41)40(23)24-7-15(14-36)5-6-37-24/h1-2,5-11,19,23,26H,3-4,12-13H2,(H,38,42)/t23-,26-/m0/s1. The number of pyridine rings is 1. The molecule has 0 unspecified atom stereocenters. The Hall–Kier alpha value is -4.21. The summed E-state index contributed by atoms with van der Waals surface area (Å²) in [6, 6.07) is 6.81. The maximum absolute atomic E-state index is 14.6. The van der Waals surface area contributed by atoms with E-state index < -0.39 is 71.9 Å². The predicted molar refractivity (Wildman–Crippen MR) is 149 cm³/mol. The molecule has 0 bridgehead atoms. The van der Waals surface area contributed by atoms with Crippen molar-refractivity contribution in [1.29, 1.82) is 5.26 Å². The van der Waals surface area contributed by atoms with Crippen molar-refractivity contribution in [2.75, 3.05) is 9.80 Å². The molecule has 8 nitrogen and oxygen atoms in total. The van der Waals surface area contributed by atoms with Gasteiger partial charge < -0.3 is 5.32 Å². The lowest BCUT2D eigenvalue weighted by atomic mass is 9.87. The average molecular weight is 634 g/mol. The lowest BCUT2D eigenvalue weighted by Crippen LogP contribution is -2.56. The summed E-state index contributed by atoms with van der Waals surface area (Å²) < 4.78 is 56.4. The van der Waals surface area contributed by atoms with Crippen LogP contribution >= 0.6 is 23.2 Å². The molecule has 222 valence electrons. The number of nitriles is 1. The van der Waals surface area contributed by atoms with Gasteiger partial charge in [0.15, 0.2) is 0 Å². The molecule has 43 heavy (non-hydrogen) atoms. The fourth-order valence-corrected chi connectivity index (χ4v) is 5.74. The van der Waals surface area contributed by atoms with Gasteiger partial charge in [0.25, 0.3) is 11.8 Å². The predicted octanol–water partition coefficient (Wildman–Crippen LogP) is 5.72. The molecule has 2 atom stereocenters. The summed E-state index contributed by atoms with van der Waals surface area (Å²) in [6.07, 6.45) is -0.195. The highest BCUT2D eigenvalue weighted by Crippen LogP contribution is 2.40. The molecule has 1 aliphatic heterocycles. The Labute approximate surface area is 252 Å². The van der Waals surface area contributed by atoms with Crippen LogP contribution in [0.3, 0.4) is 0 Å². The zero-order valence-corrected chi connectivity index (χ0v) is 23.5. The van der Waals surface area contributed by atoms with Gasteiger partial charge in [-0.25, -0.2) is 22.5 Å². The van der Waals surface area contributed by atoms with Crippen LogP contribution in [0.25, 0.3) is 0 Å². The number of carbonyl (C=O) groups excluding carboxylic acids is 3. The normalized spacial score (nSPS) is 18.5. The Morgan fingerprint density at radius 3 is 2.42 bits per heavy atom. The Balaban J connectivity index is 1.64. The molecule has 2 aromatic carbocycles. The molecule has 0 spiro atoms. The maximum atomic E-state index is 14.6. The molecular formula is C29H21Cl2F4N5O3. The molecular weight excluding hydrogens is 613 g/mol. The molecule has 1 saturated carbocycles. The topological polar surface area (TPSA) is 106 Å². The van der Waals surface area contributed by atoms with E-state index in [1.165, 1.54) is 36.5 Å². The van der Waals surface area contributed by atoms with Crippen molar-refractivity contribution in [2.45, 2.75) is 49.7 Å². The van der Waals surface area contributed by atoms with E-state index in [0.717, 1.165) is 21.9 Å². The average Bonchev–Trinajstić information content (AvgIpc) is 3.31. The van der Waals surface area contributed by atoms with E-state index in [1.54, 1.807) is 0 Å². The third-order valence-corrected chi connectivity index (χ3v) is 7.74. The summed E-state index contributed by atoms with van der Waals surface area (Å²) in [5.74, 6) is -7.57. The molecule has 5 rings (SSSR count). The highest BCUT2D eigenvalue weighted by Gasteiger charge is 2.48. The van der Waals surface area contributed by atoms with Crippen LogP contribution in [0.2, 0.25) is 10.0 Å². The third-order valence-electron chi connectivity index (χ3n) is 7.18. The number of nitrogens with zero attached hydrogens (tertiary/aromatic N) is 4. The second kappa shape index (κ2) is 11.8. The van der Waals surface area contributed by atoms with Crippen molar-refractivity contribution < 1.29 is 31.9 Å². The van der Waals surface area contributed by atoms with Crippen LogP contribution in [0.4, 0.5) is 29.1 Å². The minimum atomic E-state index is -2.98. The van der Waals surface area contributed by atoms with Crippen LogP contribution in [0.1, 0.15) is 42.9 Å². The van der Waals surface area contributed by atoms with E-state index >= 15 is 0 Å². The van der Waals surface area contributed by atoms with Crippen molar-refractivity contribution in [2.24, 2.45) is 0 Å². The summed E-state index contributed by atoms with van der Waals surface area (Å²) in [5, 5.41) is 11.9. The SMILES string of the molecule is N#Cc1ccnc(N2C(=O)CC[C@H]2C(=O)N(c2cc(F)cc(F)c2)[C@H](C(=O)NC2CC(F)(F)C2)c2ccc(Cl)cc2Cl)c1. The fourth-order valence-electron chi connectivity index (χ4n) is 5.23. The third kappa shape index (κ3) is 6.28. The van der Waals surface area contributed by atoms with Crippen LogP contribution in [0, 0.1) is 23.0 Å². The molecule has 3 amide bonds. The molecule has 1 aromatic heterocycles. The van der Waals surface area contributed by atoms with Crippen LogP contribution in [0.5, 0.6) is 0 Å². The number of benzene rings is 2. The van der Waals surface area contributed by atoms with Gasteiger partial charge in [0.2, 0.25) is 11.8 Å². The first-order chi connectivity index (χ1) is 20.4. The monoisotopic (exact) mass is 633 g/mol. The number of hydrogen-bond acceptors (Lipinski definition) is 5. The van der Waals surface area contributed by atoms with Gasteiger partial charge in [-0.05, 0) is 42.8 Å². The Kier molecular flexibility index (Phi) is 8.31. The van der Waals surface area contributed by atoms with Crippen LogP contribution in [-0.2, 0) is 14.4 Å². The summed E-state index contributed by atoms with van der Waals surface area (Å²) in [4.78, 5) is 47.3. The quantitative estimate of drug-likeness (QED) is 0.335. The van der Waals surface area contributed by atoms with Crippen LogP contribution < -0.4 is 15.1 Å². The van der Waals surface area contributed by atoms with E-state index in [0.29, 0.717) is 6.07 Å². The van der Waals surface area contributed by atoms with Gasteiger partial charge in [-0.2, -0.15) is 5.26 Å². The molecule has 1 N–H and O–H groups in total. The summed E-state index contributed by atoms with van der Waals surface area (Å²) in [7, 11) is 0. The van der Waals surface area contributed by atoms with Crippen molar-refractivity contribution in [3.63, 3.8) is 0 Å². The molecule has 2 fully saturated rings. The number of hydrogen-bond donors (Lipinski definition) is 1. The molecule has 1 saturated heterocycles. The van der Waals surface area contributed by atoms with Crippen molar-refractivity contribution in [1.82, 2.24) is 10.3 Å². The molecule has 3 aromatic rings. The summed E-state index contributed by atoms with van der Waals surface area (Å²) in [6.45, 7) is 0. The second-order valence-electron chi connectivity index (χ2n) is 10.2. The largest absolute Gasteiger partial charge is 0.351 e. The van der Waals surface area contributed by atoms with E-state index in [4.69, 9.17) is 23.2 Å². The second-order valence-corrected chi connectivity index (χ2v) is 11.1. The molecule has 14 heteroatoms. The number of anilines is 2. The van der Waals surface area contributed by atoms with Crippen LogP contribution in [-0.4, -0.2) is 40.7 Å². The van der Waals surface area contributed by atoms with Gasteiger partial charge in [0, 0.05) is 53.2 Å². The zero-order chi connectivity index (χ0) is 31.1. The highest BCUT2D eigenvalue weighted by molar-refractivity contribution is 6.35. The Bertz CT molecular complexity index is 1640. The Morgan fingerprint density at radius 2 is 1.79 bits per heavy atom. The van der Waals surface area contributed by atoms with Gasteiger partial charge in [-0.3, -0.25) is 24.2 Å². The number of rotatable bonds is 7.